The van der Waals surface area contributed by atoms with Gasteiger partial charge in [-0.15, -0.1) is 0 Å². The van der Waals surface area contributed by atoms with Gasteiger partial charge in [-0.25, -0.2) is 15.0 Å². The van der Waals surface area contributed by atoms with E-state index in [2.05, 4.69) is 15.0 Å². The highest BCUT2D eigenvalue weighted by molar-refractivity contribution is 5.83. The monoisotopic (exact) mass is 362 g/mol. The molecule has 1 unspecified atom stereocenters. The van der Waals surface area contributed by atoms with Gasteiger partial charge in [-0.2, -0.15) is 0 Å². The molecule has 26 heavy (non-hydrogen) atoms. The molecule has 1 fully saturated rings. The van der Waals surface area contributed by atoms with Gasteiger partial charge in [0, 0.05) is 30.9 Å². The molecule has 0 aliphatic heterocycles. The molecule has 3 rings (SSSR count). The number of nitrogen functional groups attached to an aromatic ring is 1. The number of carbonyl (C=O) groups is 1. The second-order valence-corrected chi connectivity index (χ2v) is 7.21. The summed E-state index contributed by atoms with van der Waals surface area (Å²) in [7, 11) is 3.90. The van der Waals surface area contributed by atoms with E-state index >= 15 is 0 Å². The fraction of sp³-hybridized carbons (Fsp3) is 0.647. The van der Waals surface area contributed by atoms with E-state index in [4.69, 9.17) is 5.73 Å². The van der Waals surface area contributed by atoms with E-state index in [1.165, 1.54) is 6.33 Å². The van der Waals surface area contributed by atoms with E-state index in [0.29, 0.717) is 36.2 Å². The number of nitrogens with zero attached hydrogens (tertiary/aromatic N) is 5. The summed E-state index contributed by atoms with van der Waals surface area (Å²) in [6.45, 7) is 0.689. The molecule has 9 nitrogen and oxygen atoms in total. The molecule has 0 saturated heterocycles. The Morgan fingerprint density at radius 3 is 2.88 bits per heavy atom. The second-order valence-electron chi connectivity index (χ2n) is 7.21. The molecular weight excluding hydrogens is 336 g/mol. The summed E-state index contributed by atoms with van der Waals surface area (Å²) < 4.78 is 1.86. The highest BCUT2D eigenvalue weighted by atomic mass is 16.3. The highest BCUT2D eigenvalue weighted by Gasteiger charge is 2.47. The number of nitrogens with two attached hydrogens (primary N) is 1. The van der Waals surface area contributed by atoms with Crippen molar-refractivity contribution in [3.05, 3.63) is 12.7 Å². The lowest BCUT2D eigenvalue weighted by Crippen LogP contribution is -2.49. The van der Waals surface area contributed by atoms with Crippen LogP contribution >= 0.6 is 0 Å². The van der Waals surface area contributed by atoms with E-state index in [1.54, 1.807) is 6.33 Å². The molecule has 0 radical (unpaired) electrons. The maximum atomic E-state index is 12.3. The van der Waals surface area contributed by atoms with Gasteiger partial charge in [0.1, 0.15) is 17.9 Å². The molecule has 1 saturated carbocycles. The number of rotatable bonds is 8. The molecule has 4 N–H and O–H groups in total. The Morgan fingerprint density at radius 2 is 2.19 bits per heavy atom. The third-order valence-electron chi connectivity index (χ3n) is 5.28. The number of aromatic nitrogens is 4. The molecule has 0 spiro atoms. The Labute approximate surface area is 151 Å². The third-order valence-corrected chi connectivity index (χ3v) is 5.28. The number of hydrogen-bond acceptors (Lipinski definition) is 8. The lowest BCUT2D eigenvalue weighted by Gasteiger charge is -2.46. The molecular formula is C17H26N6O3. The van der Waals surface area contributed by atoms with Gasteiger partial charge < -0.3 is 25.4 Å². The zero-order valence-electron chi connectivity index (χ0n) is 15.1. The number of anilines is 1. The van der Waals surface area contributed by atoms with Crippen LogP contribution in [0, 0.1) is 11.8 Å². The van der Waals surface area contributed by atoms with Crippen molar-refractivity contribution in [2.75, 3.05) is 33.0 Å². The molecule has 9 heteroatoms. The van der Waals surface area contributed by atoms with Gasteiger partial charge >= 0.3 is 0 Å². The summed E-state index contributed by atoms with van der Waals surface area (Å²) in [6.07, 6.45) is 3.61. The molecule has 2 aromatic rings. The largest absolute Gasteiger partial charge is 0.396 e. The number of imidazole rings is 1. The first-order valence-electron chi connectivity index (χ1n) is 8.83. The number of aliphatic hydroxyl groups excluding tert-OH is 2. The van der Waals surface area contributed by atoms with E-state index < -0.39 is 6.10 Å². The average molecular weight is 362 g/mol. The van der Waals surface area contributed by atoms with E-state index in [-0.39, 0.29) is 30.3 Å². The summed E-state index contributed by atoms with van der Waals surface area (Å²) in [5.74, 6) is -0.332. The van der Waals surface area contributed by atoms with Gasteiger partial charge in [-0.3, -0.25) is 4.79 Å². The normalized spacial score (nSPS) is 24.0. The van der Waals surface area contributed by atoms with Gasteiger partial charge in [0.05, 0.1) is 6.33 Å². The highest BCUT2D eigenvalue weighted by Crippen LogP contribution is 2.47. The number of ketones is 1. The van der Waals surface area contributed by atoms with Crippen molar-refractivity contribution in [1.29, 1.82) is 0 Å². The number of hydrogen-bond donors (Lipinski definition) is 3. The van der Waals surface area contributed by atoms with Crippen LogP contribution in [-0.2, 0) is 4.79 Å². The Bertz CT molecular complexity index is 777. The van der Waals surface area contributed by atoms with Crippen molar-refractivity contribution in [2.45, 2.75) is 31.4 Å². The van der Waals surface area contributed by atoms with Crippen molar-refractivity contribution < 1.29 is 15.0 Å². The van der Waals surface area contributed by atoms with E-state index in [1.807, 2.05) is 23.6 Å². The molecule has 142 valence electrons. The van der Waals surface area contributed by atoms with Crippen LogP contribution in [0.1, 0.15) is 25.3 Å². The van der Waals surface area contributed by atoms with Crippen molar-refractivity contribution in [3.8, 4) is 0 Å². The Morgan fingerprint density at radius 1 is 1.42 bits per heavy atom. The maximum absolute atomic E-state index is 12.3. The number of carbonyl (C=O) groups excluding carboxylic acids is 1. The predicted molar refractivity (Wildman–Crippen MR) is 96.3 cm³/mol. The van der Waals surface area contributed by atoms with Crippen molar-refractivity contribution >= 4 is 22.8 Å². The Balaban J connectivity index is 1.68. The quantitative estimate of drug-likeness (QED) is 0.591. The third kappa shape index (κ3) is 3.42. The Kier molecular flexibility index (Phi) is 5.49. The number of aliphatic hydroxyl groups is 2. The van der Waals surface area contributed by atoms with Crippen LogP contribution in [0.2, 0.25) is 0 Å². The zero-order chi connectivity index (χ0) is 18.8. The topological polar surface area (TPSA) is 130 Å². The van der Waals surface area contributed by atoms with E-state index in [9.17, 15) is 15.0 Å². The van der Waals surface area contributed by atoms with Gasteiger partial charge in [0.15, 0.2) is 17.2 Å². The summed E-state index contributed by atoms with van der Waals surface area (Å²) in [5.41, 5.74) is 6.94. The fourth-order valence-corrected chi connectivity index (χ4v) is 3.73. The van der Waals surface area contributed by atoms with Crippen LogP contribution in [-0.4, -0.2) is 73.8 Å². The van der Waals surface area contributed by atoms with Gasteiger partial charge in [0.25, 0.3) is 0 Å². The minimum atomic E-state index is -1.04. The van der Waals surface area contributed by atoms with Crippen LogP contribution in [0.4, 0.5) is 5.82 Å². The molecule has 0 aromatic carbocycles. The van der Waals surface area contributed by atoms with E-state index in [0.717, 1.165) is 6.54 Å². The first kappa shape index (κ1) is 18.7. The SMILES string of the molecule is CN(C)CCCC(=O)C(O)[C@H]1C[C@@H](n2cnc3c(N)ncnc32)[C@H]1CO. The maximum Gasteiger partial charge on any atom is 0.165 e. The van der Waals surface area contributed by atoms with Crippen LogP contribution in [0.3, 0.4) is 0 Å². The summed E-state index contributed by atoms with van der Waals surface area (Å²) in [5, 5.41) is 20.2. The minimum absolute atomic E-state index is 0.0754. The van der Waals surface area contributed by atoms with Gasteiger partial charge in [0.2, 0.25) is 0 Å². The standard InChI is InChI=1S/C17H26N6O3/c1-22(2)5-3-4-13(25)15(26)10-6-12(11(10)7-24)23-9-21-14-16(18)19-8-20-17(14)23/h8-12,15,24,26H,3-7H2,1-2H3,(H2,18,19,20)/t10-,11-,12+,15?/m0/s1. The first-order valence-corrected chi connectivity index (χ1v) is 8.83. The van der Waals surface area contributed by atoms with Crippen LogP contribution in [0.25, 0.3) is 11.2 Å². The van der Waals surface area contributed by atoms with Gasteiger partial charge in [-0.1, -0.05) is 0 Å². The first-order chi connectivity index (χ1) is 12.4. The van der Waals surface area contributed by atoms with Crippen molar-refractivity contribution in [2.24, 2.45) is 11.8 Å². The summed E-state index contributed by atoms with van der Waals surface area (Å²) >= 11 is 0. The lowest BCUT2D eigenvalue weighted by atomic mass is 9.65. The molecule has 4 atom stereocenters. The van der Waals surface area contributed by atoms with Crippen molar-refractivity contribution in [1.82, 2.24) is 24.4 Å². The Hall–Kier alpha value is -2.10. The fourth-order valence-electron chi connectivity index (χ4n) is 3.73. The lowest BCUT2D eigenvalue weighted by molar-refractivity contribution is -0.137. The van der Waals surface area contributed by atoms with Crippen LogP contribution in [0.15, 0.2) is 12.7 Å². The number of fused-ring (bicyclic) bond motifs is 1. The van der Waals surface area contributed by atoms with Crippen molar-refractivity contribution in [3.63, 3.8) is 0 Å². The molecule has 2 heterocycles. The smallest absolute Gasteiger partial charge is 0.165 e. The molecule has 1 aliphatic rings. The van der Waals surface area contributed by atoms with Crippen LogP contribution < -0.4 is 5.73 Å². The average Bonchev–Trinajstić information content (AvgIpc) is 2.99. The van der Waals surface area contributed by atoms with Gasteiger partial charge in [-0.05, 0) is 33.5 Å². The molecule has 0 bridgehead atoms. The second kappa shape index (κ2) is 7.65. The molecule has 0 amide bonds. The number of Topliss-reactive ketones (excluding diaryl/α,β-unsaturated/α-hetero) is 1. The zero-order valence-corrected chi connectivity index (χ0v) is 15.1. The van der Waals surface area contributed by atoms with Crippen LogP contribution in [0.5, 0.6) is 0 Å². The minimum Gasteiger partial charge on any atom is -0.396 e. The summed E-state index contributed by atoms with van der Waals surface area (Å²) in [4.78, 5) is 26.7. The molecule has 1 aliphatic carbocycles. The summed E-state index contributed by atoms with van der Waals surface area (Å²) in [6, 6.07) is -0.0754. The molecule has 2 aromatic heterocycles. The predicted octanol–water partition coefficient (Wildman–Crippen LogP) is -0.150.